The Morgan fingerprint density at radius 1 is 1.20 bits per heavy atom. The third kappa shape index (κ3) is 1.32. The van der Waals surface area contributed by atoms with Crippen LogP contribution in [0.4, 0.5) is 0 Å². The first kappa shape index (κ1) is 12.4. The van der Waals surface area contributed by atoms with Crippen LogP contribution in [0, 0.1) is 0 Å². The minimum absolute atomic E-state index is 0.0757. The van der Waals surface area contributed by atoms with Gasteiger partial charge in [0.1, 0.15) is 0 Å². The number of hydrogen-bond acceptors (Lipinski definition) is 2. The molecule has 1 spiro atoms. The molecule has 0 radical (unpaired) electrons. The van der Waals surface area contributed by atoms with Crippen LogP contribution in [-0.2, 0) is 0 Å². The molecular weight excluding hydrogens is 250 g/mol. The summed E-state index contributed by atoms with van der Waals surface area (Å²) in [5.41, 5.74) is 0.853. The third-order valence-electron chi connectivity index (χ3n) is 5.82. The highest BCUT2D eigenvalue weighted by atomic mass is 16.3. The normalized spacial score (nSPS) is 34.4. The van der Waals surface area contributed by atoms with Gasteiger partial charge in [-0.3, -0.25) is 4.79 Å². The Hall–Kier alpha value is -1.35. The van der Waals surface area contributed by atoms with Crippen molar-refractivity contribution in [3.8, 4) is 0 Å². The topological polar surface area (TPSA) is 40.5 Å². The zero-order valence-corrected chi connectivity index (χ0v) is 11.9. The van der Waals surface area contributed by atoms with Gasteiger partial charge in [0.15, 0.2) is 0 Å². The molecule has 1 saturated carbocycles. The van der Waals surface area contributed by atoms with E-state index in [0.29, 0.717) is 6.42 Å². The van der Waals surface area contributed by atoms with Crippen molar-refractivity contribution in [2.75, 3.05) is 0 Å². The van der Waals surface area contributed by atoms with Crippen molar-refractivity contribution in [2.45, 2.75) is 62.6 Å². The Labute approximate surface area is 119 Å². The number of aliphatic hydroxyl groups is 1. The molecule has 2 atom stereocenters. The maximum Gasteiger partial charge on any atom is 0.255 e. The molecule has 3 heteroatoms. The lowest BCUT2D eigenvalue weighted by Crippen LogP contribution is -2.58. The van der Waals surface area contributed by atoms with Crippen molar-refractivity contribution in [3.63, 3.8) is 0 Å². The zero-order valence-electron chi connectivity index (χ0n) is 11.9. The number of hydrogen-bond donors (Lipinski definition) is 1. The molecule has 1 amide bonds. The summed E-state index contributed by atoms with van der Waals surface area (Å²) >= 11 is 0. The molecule has 4 rings (SSSR count). The second-order valence-electron chi connectivity index (χ2n) is 6.85. The molecule has 1 aromatic carbocycles. The van der Waals surface area contributed by atoms with Gasteiger partial charge in [0.05, 0.1) is 17.2 Å². The van der Waals surface area contributed by atoms with Gasteiger partial charge < -0.3 is 10.0 Å². The Morgan fingerprint density at radius 3 is 2.65 bits per heavy atom. The molecule has 20 heavy (non-hydrogen) atoms. The highest BCUT2D eigenvalue weighted by Crippen LogP contribution is 2.58. The monoisotopic (exact) mass is 271 g/mol. The average Bonchev–Trinajstić information content (AvgIpc) is 2.84. The smallest absolute Gasteiger partial charge is 0.255 e. The van der Waals surface area contributed by atoms with Crippen LogP contribution in [0.2, 0.25) is 0 Å². The van der Waals surface area contributed by atoms with E-state index in [1.54, 1.807) is 0 Å². The number of nitrogens with zero attached hydrogens (tertiary/aromatic N) is 1. The molecule has 2 heterocycles. The quantitative estimate of drug-likeness (QED) is 0.788. The zero-order chi connectivity index (χ0) is 14.0. The summed E-state index contributed by atoms with van der Waals surface area (Å²) in [6.07, 6.45) is 6.01. The Balaban J connectivity index is 1.86. The molecule has 2 aliphatic heterocycles. The first-order valence-corrected chi connectivity index (χ1v) is 7.72. The van der Waals surface area contributed by atoms with Crippen molar-refractivity contribution in [1.82, 2.24) is 4.90 Å². The van der Waals surface area contributed by atoms with E-state index in [-0.39, 0.29) is 17.5 Å². The Morgan fingerprint density at radius 2 is 1.90 bits per heavy atom. The second-order valence-corrected chi connectivity index (χ2v) is 6.85. The predicted molar refractivity (Wildman–Crippen MR) is 76.4 cm³/mol. The van der Waals surface area contributed by atoms with E-state index < -0.39 is 5.60 Å². The van der Waals surface area contributed by atoms with Crippen LogP contribution in [0.25, 0.3) is 0 Å². The van der Waals surface area contributed by atoms with Gasteiger partial charge in [-0.05, 0) is 31.4 Å². The van der Waals surface area contributed by atoms with E-state index in [0.717, 1.165) is 36.8 Å². The lowest BCUT2D eigenvalue weighted by Gasteiger charge is -2.47. The molecule has 3 nitrogen and oxygen atoms in total. The van der Waals surface area contributed by atoms with Crippen molar-refractivity contribution in [1.29, 1.82) is 0 Å². The highest BCUT2D eigenvalue weighted by Gasteiger charge is 2.64. The number of amides is 1. The lowest BCUT2D eigenvalue weighted by atomic mass is 9.71. The second kappa shape index (κ2) is 3.85. The Bertz CT molecular complexity index is 572. The fraction of sp³-hybridized carbons (Fsp3) is 0.588. The van der Waals surface area contributed by atoms with Crippen LogP contribution in [0.3, 0.4) is 0 Å². The highest BCUT2D eigenvalue weighted by molar-refractivity contribution is 6.00. The van der Waals surface area contributed by atoms with Crippen molar-refractivity contribution in [2.24, 2.45) is 0 Å². The van der Waals surface area contributed by atoms with Gasteiger partial charge in [0, 0.05) is 12.0 Å². The van der Waals surface area contributed by atoms with E-state index >= 15 is 0 Å². The maximum absolute atomic E-state index is 12.9. The average molecular weight is 271 g/mol. The van der Waals surface area contributed by atoms with Gasteiger partial charge in [-0.1, -0.05) is 37.5 Å². The fourth-order valence-corrected chi connectivity index (χ4v) is 4.83. The van der Waals surface area contributed by atoms with Gasteiger partial charge >= 0.3 is 0 Å². The van der Waals surface area contributed by atoms with Crippen molar-refractivity contribution >= 4 is 5.91 Å². The molecule has 0 aromatic heterocycles. The minimum Gasteiger partial charge on any atom is -0.388 e. The number of rotatable bonds is 0. The fourth-order valence-electron chi connectivity index (χ4n) is 4.83. The van der Waals surface area contributed by atoms with E-state index in [4.69, 9.17) is 0 Å². The van der Waals surface area contributed by atoms with Crippen LogP contribution in [0.5, 0.6) is 0 Å². The van der Waals surface area contributed by atoms with E-state index in [1.807, 2.05) is 30.0 Å². The molecule has 1 aliphatic carbocycles. The van der Waals surface area contributed by atoms with Gasteiger partial charge in [-0.15, -0.1) is 0 Å². The SMILES string of the molecule is C[C@@]1(O)C[C@@H]2c3ccccc3C(=O)N2C12CCCCC2. The molecule has 1 N–H and O–H groups in total. The summed E-state index contributed by atoms with van der Waals surface area (Å²) in [5.74, 6) is 0.130. The molecule has 1 saturated heterocycles. The molecule has 3 aliphatic rings. The molecule has 1 aromatic rings. The Kier molecular flexibility index (Phi) is 2.39. The summed E-state index contributed by atoms with van der Waals surface area (Å²) in [4.78, 5) is 14.9. The summed E-state index contributed by atoms with van der Waals surface area (Å²) in [5, 5.41) is 11.0. The number of carbonyl (C=O) groups excluding carboxylic acids is 1. The van der Waals surface area contributed by atoms with Crippen LogP contribution < -0.4 is 0 Å². The van der Waals surface area contributed by atoms with E-state index in [1.165, 1.54) is 6.42 Å². The first-order valence-electron chi connectivity index (χ1n) is 7.72. The van der Waals surface area contributed by atoms with Crippen LogP contribution in [0.15, 0.2) is 24.3 Å². The summed E-state index contributed by atoms with van der Waals surface area (Å²) in [6, 6.07) is 7.99. The molecular formula is C17H21NO2. The van der Waals surface area contributed by atoms with Gasteiger partial charge in [0.2, 0.25) is 0 Å². The molecule has 0 unspecified atom stereocenters. The maximum atomic E-state index is 12.9. The van der Waals surface area contributed by atoms with Crippen LogP contribution >= 0.6 is 0 Å². The third-order valence-corrected chi connectivity index (χ3v) is 5.82. The lowest BCUT2D eigenvalue weighted by molar-refractivity contribution is -0.0613. The summed E-state index contributed by atoms with van der Waals surface area (Å²) in [7, 11) is 0. The van der Waals surface area contributed by atoms with Gasteiger partial charge in [-0.25, -0.2) is 0 Å². The van der Waals surface area contributed by atoms with Gasteiger partial charge in [0.25, 0.3) is 5.91 Å². The largest absolute Gasteiger partial charge is 0.388 e. The number of carbonyl (C=O) groups is 1. The molecule has 106 valence electrons. The number of fused-ring (bicyclic) bond motifs is 4. The standard InChI is InChI=1S/C17H21NO2/c1-16(20)11-14-12-7-3-4-8-13(12)15(19)18(14)17(16)9-5-2-6-10-17/h3-4,7-8,14,20H,2,5-6,9-11H2,1H3/t14-,16-/m1/s1. The molecule has 0 bridgehead atoms. The summed E-state index contributed by atoms with van der Waals surface area (Å²) in [6.45, 7) is 1.94. The van der Waals surface area contributed by atoms with Crippen molar-refractivity contribution in [3.05, 3.63) is 35.4 Å². The van der Waals surface area contributed by atoms with Crippen molar-refractivity contribution < 1.29 is 9.90 Å². The van der Waals surface area contributed by atoms with Crippen LogP contribution in [-0.4, -0.2) is 27.1 Å². The molecule has 2 fully saturated rings. The number of benzene rings is 1. The van der Waals surface area contributed by atoms with Gasteiger partial charge in [-0.2, -0.15) is 0 Å². The first-order chi connectivity index (χ1) is 9.57. The minimum atomic E-state index is -0.763. The van der Waals surface area contributed by atoms with E-state index in [2.05, 4.69) is 6.07 Å². The summed E-state index contributed by atoms with van der Waals surface area (Å²) < 4.78 is 0. The van der Waals surface area contributed by atoms with E-state index in [9.17, 15) is 9.90 Å². The van der Waals surface area contributed by atoms with Crippen LogP contribution in [0.1, 0.15) is 67.4 Å². The predicted octanol–water partition coefficient (Wildman–Crippen LogP) is 3.04.